The van der Waals surface area contributed by atoms with E-state index in [-0.39, 0.29) is 24.5 Å². The molecule has 0 saturated carbocycles. The van der Waals surface area contributed by atoms with Crippen LogP contribution in [0.2, 0.25) is 0 Å². The summed E-state index contributed by atoms with van der Waals surface area (Å²) < 4.78 is 6.64. The van der Waals surface area contributed by atoms with Crippen LogP contribution in [-0.2, 0) is 11.3 Å². The monoisotopic (exact) mass is 327 g/mol. The molecule has 0 aliphatic rings. The highest BCUT2D eigenvalue weighted by molar-refractivity contribution is 6.03. The van der Waals surface area contributed by atoms with Crippen LogP contribution >= 0.6 is 0 Å². The van der Waals surface area contributed by atoms with Crippen molar-refractivity contribution in [1.29, 1.82) is 0 Å². The van der Waals surface area contributed by atoms with E-state index in [2.05, 4.69) is 20.4 Å². The number of nitrogens with one attached hydrogen (secondary N) is 1. The Kier molecular flexibility index (Phi) is 4.32. The molecule has 3 aromatic rings. The molecule has 2 N–H and O–H groups in total. The maximum Gasteiger partial charge on any atom is 0.305 e. The molecule has 0 saturated heterocycles. The van der Waals surface area contributed by atoms with Crippen LogP contribution in [-0.4, -0.2) is 36.7 Å². The fourth-order valence-electron chi connectivity index (χ4n) is 1.97. The van der Waals surface area contributed by atoms with Gasteiger partial charge in [-0.25, -0.2) is 9.97 Å². The van der Waals surface area contributed by atoms with E-state index < -0.39 is 11.9 Å². The summed E-state index contributed by atoms with van der Waals surface area (Å²) >= 11 is 0. The average molecular weight is 327 g/mol. The Balaban J connectivity index is 1.69. The minimum Gasteiger partial charge on any atom is -0.481 e. The van der Waals surface area contributed by atoms with Gasteiger partial charge in [0.05, 0.1) is 31.0 Å². The average Bonchev–Trinajstić information content (AvgIpc) is 3.25. The zero-order valence-electron chi connectivity index (χ0n) is 12.4. The molecule has 9 nitrogen and oxygen atoms in total. The molecule has 24 heavy (non-hydrogen) atoms. The fourth-order valence-corrected chi connectivity index (χ4v) is 1.97. The Morgan fingerprint density at radius 2 is 2.21 bits per heavy atom. The van der Waals surface area contributed by atoms with Crippen molar-refractivity contribution in [2.45, 2.75) is 13.0 Å². The lowest BCUT2D eigenvalue weighted by molar-refractivity contribution is -0.137. The van der Waals surface area contributed by atoms with Crippen LogP contribution in [0.3, 0.4) is 0 Å². The van der Waals surface area contributed by atoms with E-state index >= 15 is 0 Å². The third-order valence-corrected chi connectivity index (χ3v) is 3.10. The van der Waals surface area contributed by atoms with Crippen LogP contribution in [0.25, 0.3) is 11.5 Å². The first-order valence-electron chi connectivity index (χ1n) is 7.04. The lowest BCUT2D eigenvalue weighted by Gasteiger charge is -2.03. The number of hydrogen-bond donors (Lipinski definition) is 2. The van der Waals surface area contributed by atoms with Gasteiger partial charge in [-0.05, 0) is 18.2 Å². The summed E-state index contributed by atoms with van der Waals surface area (Å²) in [5, 5.41) is 15.2. The van der Waals surface area contributed by atoms with E-state index in [9.17, 15) is 9.59 Å². The minimum absolute atomic E-state index is 0.0724. The van der Waals surface area contributed by atoms with E-state index in [0.717, 1.165) is 0 Å². The number of hydrogen-bond acceptors (Lipinski definition) is 6. The first-order chi connectivity index (χ1) is 11.6. The van der Waals surface area contributed by atoms with Crippen LogP contribution in [0.15, 0.2) is 47.5 Å². The highest BCUT2D eigenvalue weighted by Crippen LogP contribution is 2.17. The fraction of sp³-hybridized carbons (Fsp3) is 0.133. The lowest BCUT2D eigenvalue weighted by Crippen LogP contribution is -2.13. The molecule has 0 spiro atoms. The van der Waals surface area contributed by atoms with Gasteiger partial charge in [0, 0.05) is 12.4 Å². The molecule has 0 radical (unpaired) electrons. The van der Waals surface area contributed by atoms with E-state index in [4.69, 9.17) is 9.52 Å². The SMILES string of the molecule is O=C(O)CCn1cc(C(=O)Nc2nccc(-c3ccco3)n2)cn1. The summed E-state index contributed by atoms with van der Waals surface area (Å²) in [7, 11) is 0. The number of amides is 1. The van der Waals surface area contributed by atoms with Gasteiger partial charge in [0.1, 0.15) is 5.69 Å². The summed E-state index contributed by atoms with van der Waals surface area (Å²) in [5.41, 5.74) is 0.829. The topological polar surface area (TPSA) is 123 Å². The van der Waals surface area contributed by atoms with Crippen LogP contribution < -0.4 is 5.32 Å². The molecule has 0 atom stereocenters. The molecule has 0 fully saturated rings. The Morgan fingerprint density at radius 1 is 1.33 bits per heavy atom. The number of aliphatic carboxylic acids is 1. The molecule has 0 aliphatic heterocycles. The maximum absolute atomic E-state index is 12.2. The molecule has 0 aliphatic carbocycles. The number of carboxylic acids is 1. The Bertz CT molecular complexity index is 856. The third kappa shape index (κ3) is 3.64. The highest BCUT2D eigenvalue weighted by atomic mass is 16.4. The van der Waals surface area contributed by atoms with Gasteiger partial charge in [-0.15, -0.1) is 0 Å². The minimum atomic E-state index is -0.931. The molecular weight excluding hydrogens is 314 g/mol. The predicted molar refractivity (Wildman–Crippen MR) is 82.2 cm³/mol. The zero-order valence-corrected chi connectivity index (χ0v) is 12.4. The number of carbonyl (C=O) groups is 2. The predicted octanol–water partition coefficient (Wildman–Crippen LogP) is 1.66. The number of anilines is 1. The standard InChI is InChI=1S/C15H13N5O4/c21-13(22)4-6-20-9-10(8-17-20)14(23)19-15-16-5-3-11(18-15)12-2-1-7-24-12/h1-3,5,7-9H,4,6H2,(H,21,22)(H,16,18,19,23). The van der Waals surface area contributed by atoms with Crippen molar-refractivity contribution in [2.24, 2.45) is 0 Å². The number of nitrogens with zero attached hydrogens (tertiary/aromatic N) is 4. The van der Waals surface area contributed by atoms with Crippen molar-refractivity contribution in [1.82, 2.24) is 19.7 Å². The first kappa shape index (κ1) is 15.4. The Morgan fingerprint density at radius 3 is 2.96 bits per heavy atom. The first-order valence-corrected chi connectivity index (χ1v) is 7.04. The molecule has 0 unspecified atom stereocenters. The summed E-state index contributed by atoms with van der Waals surface area (Å²) in [6, 6.07) is 5.15. The van der Waals surface area contributed by atoms with Crippen molar-refractivity contribution >= 4 is 17.8 Å². The van der Waals surface area contributed by atoms with Gasteiger partial charge in [0.25, 0.3) is 5.91 Å². The molecule has 1 amide bonds. The van der Waals surface area contributed by atoms with E-state index in [1.165, 1.54) is 29.5 Å². The highest BCUT2D eigenvalue weighted by Gasteiger charge is 2.12. The molecule has 0 bridgehead atoms. The number of aromatic nitrogens is 4. The quantitative estimate of drug-likeness (QED) is 0.705. The molecule has 3 heterocycles. The van der Waals surface area contributed by atoms with E-state index in [0.29, 0.717) is 11.5 Å². The molecule has 3 rings (SSSR count). The van der Waals surface area contributed by atoms with Crippen LogP contribution in [0.1, 0.15) is 16.8 Å². The van der Waals surface area contributed by atoms with Gasteiger partial charge < -0.3 is 9.52 Å². The lowest BCUT2D eigenvalue weighted by atomic mass is 10.3. The molecular formula is C15H13N5O4. The van der Waals surface area contributed by atoms with Crippen LogP contribution in [0, 0.1) is 0 Å². The van der Waals surface area contributed by atoms with Crippen molar-refractivity contribution < 1.29 is 19.1 Å². The second-order valence-corrected chi connectivity index (χ2v) is 4.83. The number of furan rings is 1. The number of rotatable bonds is 6. The van der Waals surface area contributed by atoms with E-state index in [1.54, 1.807) is 18.2 Å². The van der Waals surface area contributed by atoms with Crippen LogP contribution in [0.5, 0.6) is 0 Å². The summed E-state index contributed by atoms with van der Waals surface area (Å²) in [6.07, 6.45) is 5.79. The third-order valence-electron chi connectivity index (χ3n) is 3.10. The molecule has 9 heteroatoms. The largest absolute Gasteiger partial charge is 0.481 e. The zero-order chi connectivity index (χ0) is 16.9. The Labute approximate surface area is 136 Å². The van der Waals surface area contributed by atoms with Gasteiger partial charge in [-0.3, -0.25) is 19.6 Å². The normalized spacial score (nSPS) is 10.5. The van der Waals surface area contributed by atoms with Crippen molar-refractivity contribution in [3.05, 3.63) is 48.6 Å². The van der Waals surface area contributed by atoms with Gasteiger partial charge in [-0.2, -0.15) is 5.10 Å². The van der Waals surface area contributed by atoms with Gasteiger partial charge >= 0.3 is 5.97 Å². The molecule has 0 aromatic carbocycles. The number of carboxylic acid groups (broad SMARTS) is 1. The smallest absolute Gasteiger partial charge is 0.305 e. The molecule has 122 valence electrons. The van der Waals surface area contributed by atoms with E-state index in [1.807, 2.05) is 0 Å². The molecule has 3 aromatic heterocycles. The summed E-state index contributed by atoms with van der Waals surface area (Å²) in [6.45, 7) is 0.188. The Hall–Kier alpha value is -3.49. The maximum atomic E-state index is 12.2. The van der Waals surface area contributed by atoms with Crippen LogP contribution in [0.4, 0.5) is 5.95 Å². The number of carbonyl (C=O) groups excluding carboxylic acids is 1. The summed E-state index contributed by atoms with van der Waals surface area (Å²) in [5.74, 6) is -0.672. The van der Waals surface area contributed by atoms with Crippen molar-refractivity contribution in [3.63, 3.8) is 0 Å². The van der Waals surface area contributed by atoms with Gasteiger partial charge in [-0.1, -0.05) is 0 Å². The second kappa shape index (κ2) is 6.73. The van der Waals surface area contributed by atoms with Gasteiger partial charge in [0.15, 0.2) is 5.76 Å². The number of aryl methyl sites for hydroxylation is 1. The van der Waals surface area contributed by atoms with Gasteiger partial charge in [0.2, 0.25) is 5.95 Å². The van der Waals surface area contributed by atoms with Crippen molar-refractivity contribution in [3.8, 4) is 11.5 Å². The second-order valence-electron chi connectivity index (χ2n) is 4.83. The summed E-state index contributed by atoms with van der Waals surface area (Å²) in [4.78, 5) is 30.9. The van der Waals surface area contributed by atoms with Crippen molar-refractivity contribution in [2.75, 3.05) is 5.32 Å².